The summed E-state index contributed by atoms with van der Waals surface area (Å²) in [5.74, 6) is -2.89. The summed E-state index contributed by atoms with van der Waals surface area (Å²) in [6.07, 6.45) is 3.42. The van der Waals surface area contributed by atoms with Crippen LogP contribution in [0.25, 0.3) is 11.1 Å². The van der Waals surface area contributed by atoms with Gasteiger partial charge in [0.15, 0.2) is 0 Å². The molecule has 3 atom stereocenters. The summed E-state index contributed by atoms with van der Waals surface area (Å²) >= 11 is 0. The molecule has 0 aliphatic heterocycles. The minimum Gasteiger partial charge on any atom is -0.385 e. The van der Waals surface area contributed by atoms with E-state index < -0.39 is 39.2 Å². The first kappa shape index (κ1) is 28.6. The van der Waals surface area contributed by atoms with Crippen LogP contribution < -0.4 is 10.0 Å². The van der Waals surface area contributed by atoms with Crippen molar-refractivity contribution in [2.45, 2.75) is 64.6 Å². The van der Waals surface area contributed by atoms with Crippen LogP contribution in [0.15, 0.2) is 48.7 Å². The molecule has 2 fully saturated rings. The van der Waals surface area contributed by atoms with Gasteiger partial charge in [-0.05, 0) is 87.5 Å². The number of nitrogens with one attached hydrogen (secondary N) is 2. The quantitative estimate of drug-likeness (QED) is 0.341. The van der Waals surface area contributed by atoms with E-state index in [1.165, 1.54) is 19.9 Å². The second-order valence-corrected chi connectivity index (χ2v) is 13.5. The first-order valence-electron chi connectivity index (χ1n) is 13.1. The molecule has 208 valence electrons. The van der Waals surface area contributed by atoms with Crippen LogP contribution in [0.2, 0.25) is 0 Å². The number of hydrogen-bond acceptors (Lipinski definition) is 3. The van der Waals surface area contributed by atoms with Crippen molar-refractivity contribution in [3.8, 4) is 11.1 Å². The van der Waals surface area contributed by atoms with E-state index in [9.17, 15) is 21.6 Å². The van der Waals surface area contributed by atoms with Crippen molar-refractivity contribution < 1.29 is 26.0 Å². The Balaban J connectivity index is 1.72. The smallest absolute Gasteiger partial charge is 0.211 e. The Bertz CT molecular complexity index is 1280. The van der Waals surface area contributed by atoms with Crippen molar-refractivity contribution in [2.75, 3.05) is 12.3 Å². The second kappa shape index (κ2) is 10.6. The van der Waals surface area contributed by atoms with Gasteiger partial charge in [0.25, 0.3) is 0 Å². The number of allylic oxidation sites excluding steroid dienone is 1. The van der Waals surface area contributed by atoms with Gasteiger partial charge < -0.3 is 5.32 Å². The van der Waals surface area contributed by atoms with Crippen LogP contribution in [0, 0.1) is 34.7 Å². The molecule has 0 saturated heterocycles. The van der Waals surface area contributed by atoms with Gasteiger partial charge in [-0.3, -0.25) is 0 Å². The van der Waals surface area contributed by atoms with Crippen molar-refractivity contribution in [3.05, 3.63) is 71.7 Å². The third kappa shape index (κ3) is 6.42. The maximum absolute atomic E-state index is 15.9. The van der Waals surface area contributed by atoms with Crippen molar-refractivity contribution in [1.29, 1.82) is 0 Å². The fourth-order valence-corrected chi connectivity index (χ4v) is 6.76. The van der Waals surface area contributed by atoms with E-state index >= 15 is 4.39 Å². The van der Waals surface area contributed by atoms with Crippen LogP contribution >= 0.6 is 0 Å². The minimum atomic E-state index is -3.57. The highest BCUT2D eigenvalue weighted by atomic mass is 32.2. The summed E-state index contributed by atoms with van der Waals surface area (Å²) in [7, 11) is -3.57. The summed E-state index contributed by atoms with van der Waals surface area (Å²) in [5, 5.41) is 3.09. The fraction of sp³-hybridized carbons (Fsp3) is 0.517. The Labute approximate surface area is 223 Å². The topological polar surface area (TPSA) is 58.2 Å². The molecule has 4 nitrogen and oxygen atoms in total. The molecular formula is C29H36F4N2O2S. The minimum absolute atomic E-state index is 0.0422. The summed E-state index contributed by atoms with van der Waals surface area (Å²) in [6.45, 7) is 8.70. The predicted octanol–water partition coefficient (Wildman–Crippen LogP) is 6.28. The van der Waals surface area contributed by atoms with Crippen molar-refractivity contribution in [3.63, 3.8) is 0 Å². The largest absolute Gasteiger partial charge is 0.385 e. The number of halogens is 4. The lowest BCUT2D eigenvalue weighted by molar-refractivity contribution is 0.129. The normalized spacial score (nSPS) is 22.9. The lowest BCUT2D eigenvalue weighted by Crippen LogP contribution is -2.53. The Morgan fingerprint density at radius 3 is 2.34 bits per heavy atom. The van der Waals surface area contributed by atoms with E-state index in [-0.39, 0.29) is 47.1 Å². The highest BCUT2D eigenvalue weighted by Gasteiger charge is 2.57. The molecule has 1 spiro atoms. The Morgan fingerprint density at radius 1 is 1.11 bits per heavy atom. The van der Waals surface area contributed by atoms with Gasteiger partial charge in [-0.25, -0.2) is 30.7 Å². The summed E-state index contributed by atoms with van der Waals surface area (Å²) in [4.78, 5) is 0. The van der Waals surface area contributed by atoms with Crippen molar-refractivity contribution >= 4 is 10.0 Å². The lowest BCUT2D eigenvalue weighted by atomic mass is 9.65. The molecule has 2 aromatic rings. The molecule has 38 heavy (non-hydrogen) atoms. The predicted molar refractivity (Wildman–Crippen MR) is 142 cm³/mol. The fourth-order valence-electron chi connectivity index (χ4n) is 5.78. The molecule has 0 amide bonds. The number of sulfonamides is 1. The van der Waals surface area contributed by atoms with Crippen LogP contribution in [0.4, 0.5) is 17.6 Å². The van der Waals surface area contributed by atoms with E-state index in [2.05, 4.69) is 16.6 Å². The molecule has 0 aromatic heterocycles. The molecule has 0 radical (unpaired) electrons. The van der Waals surface area contributed by atoms with Crippen LogP contribution in [-0.4, -0.2) is 32.4 Å². The highest BCUT2D eigenvalue weighted by molar-refractivity contribution is 7.89. The van der Waals surface area contributed by atoms with Gasteiger partial charge in [0, 0.05) is 35.8 Å². The van der Waals surface area contributed by atoms with Gasteiger partial charge in [-0.2, -0.15) is 0 Å². The van der Waals surface area contributed by atoms with Gasteiger partial charge in [0.05, 0.1) is 5.75 Å². The molecule has 9 heteroatoms. The molecule has 2 N–H and O–H groups in total. The lowest BCUT2D eigenvalue weighted by Gasteiger charge is -2.45. The van der Waals surface area contributed by atoms with Gasteiger partial charge >= 0.3 is 0 Å². The average molecular weight is 553 g/mol. The monoisotopic (exact) mass is 552 g/mol. The van der Waals surface area contributed by atoms with Crippen molar-refractivity contribution in [2.24, 2.45) is 17.3 Å². The van der Waals surface area contributed by atoms with E-state index in [1.807, 2.05) is 0 Å². The Morgan fingerprint density at radius 2 is 1.76 bits per heavy atom. The third-order valence-corrected chi connectivity index (χ3v) is 9.40. The first-order valence-corrected chi connectivity index (χ1v) is 14.7. The zero-order valence-electron chi connectivity index (χ0n) is 22.1. The molecule has 4 rings (SSSR count). The molecule has 2 aliphatic rings. The standard InChI is InChI=1S/C29H36F4N2O2S/c1-5-38(36,37)35-27-25(23(9-10-29(27)11-12-29)18(2)34-17-28(3,4)33)15-19-7-6-8-24(26(19)32)20-13-21(30)16-22(31)14-20/h6-8,13-14,16,23,25,27,34-35H,2,5,9-12,15,17H2,1,3-4H3/t23?,25-,27-/m1/s1. The maximum Gasteiger partial charge on any atom is 0.211 e. The molecule has 1 unspecified atom stereocenters. The van der Waals surface area contributed by atoms with Gasteiger partial charge in [0.1, 0.15) is 23.1 Å². The van der Waals surface area contributed by atoms with E-state index in [4.69, 9.17) is 0 Å². The van der Waals surface area contributed by atoms with Gasteiger partial charge in [-0.1, -0.05) is 24.8 Å². The molecule has 2 aromatic carbocycles. The number of benzene rings is 2. The molecule has 0 heterocycles. The zero-order valence-corrected chi connectivity index (χ0v) is 22.9. The number of hydrogen-bond donors (Lipinski definition) is 2. The average Bonchev–Trinajstić information content (AvgIpc) is 3.60. The second-order valence-electron chi connectivity index (χ2n) is 11.4. The third-order valence-electron chi connectivity index (χ3n) is 8.03. The maximum atomic E-state index is 15.9. The van der Waals surface area contributed by atoms with Crippen LogP contribution in [0.5, 0.6) is 0 Å². The first-order chi connectivity index (χ1) is 17.7. The highest BCUT2D eigenvalue weighted by Crippen LogP contribution is 2.60. The van der Waals surface area contributed by atoms with E-state index in [0.29, 0.717) is 17.7 Å². The molecule has 2 aliphatic carbocycles. The number of rotatable bonds is 10. The van der Waals surface area contributed by atoms with Crippen LogP contribution in [0.1, 0.15) is 52.0 Å². The molecular weight excluding hydrogens is 516 g/mol. The van der Waals surface area contributed by atoms with Crippen molar-refractivity contribution in [1.82, 2.24) is 10.0 Å². The van der Waals surface area contributed by atoms with Crippen LogP contribution in [0.3, 0.4) is 0 Å². The number of alkyl halides is 1. The van der Waals surface area contributed by atoms with Crippen LogP contribution in [-0.2, 0) is 16.4 Å². The summed E-state index contributed by atoms with van der Waals surface area (Å²) in [5.41, 5.74) is -0.617. The Hall–Kier alpha value is -2.39. The SMILES string of the molecule is C=C(NCC(C)(C)F)C1CCC2(CC2)[C@H](NS(=O)(=O)CC)[C@@H]1Cc1cccc(-c2cc(F)cc(F)c2)c1F. The molecule has 0 bridgehead atoms. The molecule has 2 saturated carbocycles. The Kier molecular flexibility index (Phi) is 8.01. The zero-order chi connectivity index (χ0) is 27.9. The van der Waals surface area contributed by atoms with Gasteiger partial charge in [-0.15, -0.1) is 0 Å². The summed E-state index contributed by atoms with van der Waals surface area (Å²) in [6, 6.07) is 7.16. The van der Waals surface area contributed by atoms with E-state index in [0.717, 1.165) is 37.5 Å². The van der Waals surface area contributed by atoms with Gasteiger partial charge in [0.2, 0.25) is 10.0 Å². The van der Waals surface area contributed by atoms with E-state index in [1.54, 1.807) is 19.1 Å². The summed E-state index contributed by atoms with van der Waals surface area (Å²) < 4.78 is 86.3.